The van der Waals surface area contributed by atoms with Gasteiger partial charge in [-0.1, -0.05) is 0 Å². The van der Waals surface area contributed by atoms with Crippen molar-refractivity contribution >= 4 is 11.9 Å². The molecule has 0 aliphatic rings. The minimum Gasteiger partial charge on any atom is -0.507 e. The van der Waals surface area contributed by atoms with Gasteiger partial charge in [0.15, 0.2) is 0 Å². The van der Waals surface area contributed by atoms with E-state index in [2.05, 4.69) is 5.32 Å². The molecule has 1 aromatic carbocycles. The Morgan fingerprint density at radius 3 is 2.74 bits per heavy atom. The number of halogens is 1. The number of rotatable bonds is 6. The summed E-state index contributed by atoms with van der Waals surface area (Å²) in [6, 6.07) is 2.87. The van der Waals surface area contributed by atoms with E-state index >= 15 is 0 Å². The van der Waals surface area contributed by atoms with Gasteiger partial charge in [-0.25, -0.2) is 4.39 Å². The fourth-order valence-corrected chi connectivity index (χ4v) is 1.62. The lowest BCUT2D eigenvalue weighted by Crippen LogP contribution is -2.32. The third-order valence-electron chi connectivity index (χ3n) is 2.61. The summed E-state index contributed by atoms with van der Waals surface area (Å²) in [4.78, 5) is 22.1. The van der Waals surface area contributed by atoms with E-state index in [0.717, 1.165) is 18.2 Å². The summed E-state index contributed by atoms with van der Waals surface area (Å²) in [6.45, 7) is 1.72. The molecule has 104 valence electrons. The van der Waals surface area contributed by atoms with Crippen LogP contribution in [0.25, 0.3) is 0 Å². The Labute approximate surface area is 110 Å². The summed E-state index contributed by atoms with van der Waals surface area (Å²) in [7, 11) is 0. The largest absolute Gasteiger partial charge is 0.507 e. The summed E-state index contributed by atoms with van der Waals surface area (Å²) in [5.41, 5.74) is -0.134. The molecule has 1 unspecified atom stereocenters. The Kier molecular flexibility index (Phi) is 5.29. The maximum atomic E-state index is 13.0. The highest BCUT2D eigenvalue weighted by molar-refractivity contribution is 5.96. The van der Waals surface area contributed by atoms with Crippen LogP contribution < -0.4 is 5.32 Å². The molecule has 0 bridgehead atoms. The van der Waals surface area contributed by atoms with E-state index < -0.39 is 17.7 Å². The Balaban J connectivity index is 2.54. The van der Waals surface area contributed by atoms with Crippen LogP contribution in [0.15, 0.2) is 18.2 Å². The lowest BCUT2D eigenvalue weighted by Gasteiger charge is -2.14. The van der Waals surface area contributed by atoms with Gasteiger partial charge in [0.05, 0.1) is 5.56 Å². The molecule has 0 radical (unpaired) electrons. The number of carbonyl (C=O) groups is 2. The number of aromatic hydroxyl groups is 1. The first-order valence-electron chi connectivity index (χ1n) is 5.91. The fraction of sp³-hybridized carbons (Fsp3) is 0.385. The molecule has 0 heterocycles. The predicted octanol–water partition coefficient (Wildman–Crippen LogP) is 1.90. The summed E-state index contributed by atoms with van der Waals surface area (Å²) in [5, 5.41) is 20.5. The molecule has 1 aromatic rings. The molecule has 0 aliphatic carbocycles. The summed E-state index contributed by atoms with van der Waals surface area (Å²) < 4.78 is 13.0. The number of carboxylic acids is 1. The van der Waals surface area contributed by atoms with Crippen molar-refractivity contribution in [3.8, 4) is 5.75 Å². The normalized spacial score (nSPS) is 11.9. The topological polar surface area (TPSA) is 86.6 Å². The van der Waals surface area contributed by atoms with Crippen molar-refractivity contribution < 1.29 is 24.2 Å². The highest BCUT2D eigenvalue weighted by atomic mass is 19.1. The minimum atomic E-state index is -0.888. The molecule has 5 nitrogen and oxygen atoms in total. The van der Waals surface area contributed by atoms with Crippen molar-refractivity contribution in [1.82, 2.24) is 5.32 Å². The second-order valence-corrected chi connectivity index (χ2v) is 4.32. The number of carboxylic acid groups (broad SMARTS) is 1. The standard InChI is InChI=1S/C13H16FNO4/c1-8(3-2-4-12(17)18)15-13(19)10-7-9(14)5-6-11(10)16/h5-8,16H,2-4H2,1H3,(H,15,19)(H,17,18). The quantitative estimate of drug-likeness (QED) is 0.736. The number of amides is 1. The van der Waals surface area contributed by atoms with Crippen LogP contribution in [0.3, 0.4) is 0 Å². The number of carbonyl (C=O) groups excluding carboxylic acids is 1. The van der Waals surface area contributed by atoms with Crippen molar-refractivity contribution in [3.63, 3.8) is 0 Å². The first kappa shape index (κ1) is 14.9. The van der Waals surface area contributed by atoms with Crippen molar-refractivity contribution in [2.75, 3.05) is 0 Å². The van der Waals surface area contributed by atoms with Crippen LogP contribution in [0.1, 0.15) is 36.5 Å². The van der Waals surface area contributed by atoms with Crippen molar-refractivity contribution in [3.05, 3.63) is 29.6 Å². The SMILES string of the molecule is CC(CCCC(=O)O)NC(=O)c1cc(F)ccc1O. The Morgan fingerprint density at radius 1 is 1.42 bits per heavy atom. The van der Waals surface area contributed by atoms with Crippen molar-refractivity contribution in [1.29, 1.82) is 0 Å². The van der Waals surface area contributed by atoms with Crippen LogP contribution in [0, 0.1) is 5.82 Å². The molecule has 1 amide bonds. The van der Waals surface area contributed by atoms with Gasteiger partial charge < -0.3 is 15.5 Å². The van der Waals surface area contributed by atoms with E-state index in [1.54, 1.807) is 6.92 Å². The smallest absolute Gasteiger partial charge is 0.303 e. The number of benzene rings is 1. The van der Waals surface area contributed by atoms with Gasteiger partial charge in [0.2, 0.25) is 0 Å². The van der Waals surface area contributed by atoms with Crippen LogP contribution in [0.5, 0.6) is 5.75 Å². The van der Waals surface area contributed by atoms with Crippen molar-refractivity contribution in [2.45, 2.75) is 32.2 Å². The average molecular weight is 269 g/mol. The van der Waals surface area contributed by atoms with Gasteiger partial charge in [0.25, 0.3) is 5.91 Å². The van der Waals surface area contributed by atoms with E-state index in [-0.39, 0.29) is 23.8 Å². The molecule has 19 heavy (non-hydrogen) atoms. The Bertz CT molecular complexity index is 476. The molecule has 3 N–H and O–H groups in total. The summed E-state index contributed by atoms with van der Waals surface area (Å²) >= 11 is 0. The van der Waals surface area contributed by atoms with Gasteiger partial charge in [-0.05, 0) is 38.0 Å². The van der Waals surface area contributed by atoms with E-state index in [1.807, 2.05) is 0 Å². The summed E-state index contributed by atoms with van der Waals surface area (Å²) in [6.07, 6.45) is 0.964. The van der Waals surface area contributed by atoms with E-state index in [4.69, 9.17) is 5.11 Å². The molecule has 1 atom stereocenters. The molecule has 0 fully saturated rings. The third kappa shape index (κ3) is 4.95. The Morgan fingerprint density at radius 2 is 2.11 bits per heavy atom. The number of hydrogen-bond acceptors (Lipinski definition) is 3. The Hall–Kier alpha value is -2.11. The zero-order valence-electron chi connectivity index (χ0n) is 10.5. The number of aliphatic carboxylic acids is 1. The highest BCUT2D eigenvalue weighted by Crippen LogP contribution is 2.18. The molecular formula is C13H16FNO4. The van der Waals surface area contributed by atoms with E-state index in [1.165, 1.54) is 0 Å². The van der Waals surface area contributed by atoms with Gasteiger partial charge in [-0.3, -0.25) is 9.59 Å². The molecule has 0 aliphatic heterocycles. The number of phenolic OH excluding ortho intramolecular Hbond substituents is 1. The summed E-state index contributed by atoms with van der Waals surface area (Å²) in [5.74, 6) is -2.38. The number of phenols is 1. The van der Waals surface area contributed by atoms with Crippen LogP contribution in [0.4, 0.5) is 4.39 Å². The van der Waals surface area contributed by atoms with Crippen LogP contribution in [0.2, 0.25) is 0 Å². The maximum absolute atomic E-state index is 13.0. The highest BCUT2D eigenvalue weighted by Gasteiger charge is 2.14. The van der Waals surface area contributed by atoms with Gasteiger partial charge in [-0.15, -0.1) is 0 Å². The average Bonchev–Trinajstić information content (AvgIpc) is 2.31. The van der Waals surface area contributed by atoms with Crippen LogP contribution in [-0.4, -0.2) is 28.1 Å². The number of hydrogen-bond donors (Lipinski definition) is 3. The van der Waals surface area contributed by atoms with Crippen molar-refractivity contribution in [2.24, 2.45) is 0 Å². The lowest BCUT2D eigenvalue weighted by molar-refractivity contribution is -0.137. The molecule has 0 aromatic heterocycles. The molecule has 0 saturated carbocycles. The maximum Gasteiger partial charge on any atom is 0.303 e. The van der Waals surface area contributed by atoms with E-state index in [9.17, 15) is 19.1 Å². The van der Waals surface area contributed by atoms with Gasteiger partial charge in [0.1, 0.15) is 11.6 Å². The van der Waals surface area contributed by atoms with Gasteiger partial charge in [0, 0.05) is 12.5 Å². The molecule has 6 heteroatoms. The van der Waals surface area contributed by atoms with Crippen LogP contribution in [-0.2, 0) is 4.79 Å². The monoisotopic (exact) mass is 269 g/mol. The molecule has 0 saturated heterocycles. The predicted molar refractivity (Wildman–Crippen MR) is 66.5 cm³/mol. The second-order valence-electron chi connectivity index (χ2n) is 4.32. The van der Waals surface area contributed by atoms with E-state index in [0.29, 0.717) is 12.8 Å². The first-order valence-corrected chi connectivity index (χ1v) is 5.91. The third-order valence-corrected chi connectivity index (χ3v) is 2.61. The second kappa shape index (κ2) is 6.72. The van der Waals surface area contributed by atoms with Gasteiger partial charge in [-0.2, -0.15) is 0 Å². The molecule has 0 spiro atoms. The lowest BCUT2D eigenvalue weighted by atomic mass is 10.1. The minimum absolute atomic E-state index is 0.0332. The fourth-order valence-electron chi connectivity index (χ4n) is 1.62. The van der Waals surface area contributed by atoms with Gasteiger partial charge >= 0.3 is 5.97 Å². The molecular weight excluding hydrogens is 253 g/mol. The van der Waals surface area contributed by atoms with Crippen LogP contribution >= 0.6 is 0 Å². The zero-order chi connectivity index (χ0) is 14.4. The first-order chi connectivity index (χ1) is 8.90. The zero-order valence-corrected chi connectivity index (χ0v) is 10.5. The number of nitrogens with one attached hydrogen (secondary N) is 1. The molecule has 1 rings (SSSR count).